The predicted octanol–water partition coefficient (Wildman–Crippen LogP) is 12.1. The van der Waals surface area contributed by atoms with Crippen molar-refractivity contribution in [2.75, 3.05) is 0 Å². The molecule has 11 rings (SSSR count). The molecule has 6 heteroatoms. The Morgan fingerprint density at radius 2 is 0.786 bits per heavy atom. The maximum absolute atomic E-state index is 5.00. The van der Waals surface area contributed by atoms with Crippen molar-refractivity contribution in [3.05, 3.63) is 194 Å². The summed E-state index contributed by atoms with van der Waals surface area (Å²) in [6.45, 7) is 0. The summed E-state index contributed by atoms with van der Waals surface area (Å²) in [5, 5.41) is 4.87. The van der Waals surface area contributed by atoms with Crippen molar-refractivity contribution in [2.24, 2.45) is 0 Å². The number of pyridine rings is 1. The summed E-state index contributed by atoms with van der Waals surface area (Å²) in [6, 6.07) is 64.0. The molecule has 0 radical (unpaired) electrons. The number of benzene rings is 7. The lowest BCUT2D eigenvalue weighted by Crippen LogP contribution is -2.01. The fourth-order valence-corrected chi connectivity index (χ4v) is 8.07. The predicted molar refractivity (Wildman–Crippen MR) is 228 cm³/mol. The van der Waals surface area contributed by atoms with Gasteiger partial charge in [-0.25, -0.2) is 15.0 Å². The van der Waals surface area contributed by atoms with Crippen LogP contribution in [0.3, 0.4) is 0 Å². The van der Waals surface area contributed by atoms with Gasteiger partial charge in [-0.3, -0.25) is 4.98 Å². The van der Waals surface area contributed by atoms with Crippen LogP contribution in [-0.4, -0.2) is 29.1 Å². The van der Waals surface area contributed by atoms with Gasteiger partial charge >= 0.3 is 0 Å². The zero-order valence-corrected chi connectivity index (χ0v) is 30.2. The largest absolute Gasteiger partial charge is 0.309 e. The van der Waals surface area contributed by atoms with E-state index < -0.39 is 0 Å². The lowest BCUT2D eigenvalue weighted by atomic mass is 10.0. The first-order chi connectivity index (χ1) is 27.8. The summed E-state index contributed by atoms with van der Waals surface area (Å²) in [4.78, 5) is 19.2. The second kappa shape index (κ2) is 13.0. The smallest absolute Gasteiger partial charge is 0.165 e. The Morgan fingerprint density at radius 1 is 0.304 bits per heavy atom. The zero-order chi connectivity index (χ0) is 37.0. The van der Waals surface area contributed by atoms with E-state index in [4.69, 9.17) is 15.0 Å². The molecule has 262 valence electrons. The van der Waals surface area contributed by atoms with Crippen LogP contribution >= 0.6 is 0 Å². The van der Waals surface area contributed by atoms with Crippen LogP contribution in [0.15, 0.2) is 194 Å². The van der Waals surface area contributed by atoms with E-state index in [0.717, 1.165) is 39.1 Å². The summed E-state index contributed by atoms with van der Waals surface area (Å²) in [6.07, 6.45) is 3.55. The van der Waals surface area contributed by atoms with Crippen LogP contribution < -0.4 is 0 Å². The second-order valence-corrected chi connectivity index (χ2v) is 14.0. The lowest BCUT2D eigenvalue weighted by Gasteiger charge is -2.12. The lowest BCUT2D eigenvalue weighted by molar-refractivity contribution is 1.07. The van der Waals surface area contributed by atoms with E-state index in [2.05, 4.69) is 154 Å². The summed E-state index contributed by atoms with van der Waals surface area (Å²) in [5.41, 5.74) is 11.9. The number of aromatic nitrogens is 6. The van der Waals surface area contributed by atoms with Gasteiger partial charge in [-0.2, -0.15) is 0 Å². The van der Waals surface area contributed by atoms with E-state index in [1.165, 1.54) is 43.7 Å². The molecule has 6 nitrogen and oxygen atoms in total. The molecule has 0 bridgehead atoms. The molecular formula is C50H32N6. The van der Waals surface area contributed by atoms with E-state index in [0.29, 0.717) is 17.5 Å². The number of fused-ring (bicyclic) bond motifs is 6. The first-order valence-corrected chi connectivity index (χ1v) is 18.7. The van der Waals surface area contributed by atoms with Crippen molar-refractivity contribution in [1.29, 1.82) is 0 Å². The highest BCUT2D eigenvalue weighted by atomic mass is 15.0. The first-order valence-electron chi connectivity index (χ1n) is 18.7. The van der Waals surface area contributed by atoms with E-state index >= 15 is 0 Å². The minimum atomic E-state index is 0.583. The molecule has 56 heavy (non-hydrogen) atoms. The van der Waals surface area contributed by atoms with E-state index in [1.54, 1.807) is 12.4 Å². The molecular weight excluding hydrogens is 685 g/mol. The highest BCUT2D eigenvalue weighted by Gasteiger charge is 2.18. The van der Waals surface area contributed by atoms with Crippen LogP contribution in [0.25, 0.3) is 100 Å². The van der Waals surface area contributed by atoms with Crippen LogP contribution in [0.5, 0.6) is 0 Å². The average Bonchev–Trinajstić information content (AvgIpc) is 3.79. The fraction of sp³-hybridized carbons (Fsp3) is 0. The number of nitrogens with zero attached hydrogens (tertiary/aromatic N) is 6. The van der Waals surface area contributed by atoms with Gasteiger partial charge in [-0.15, -0.1) is 0 Å². The Balaban J connectivity index is 1.05. The van der Waals surface area contributed by atoms with Crippen molar-refractivity contribution in [3.8, 4) is 56.7 Å². The molecule has 0 amide bonds. The maximum atomic E-state index is 5.00. The number of rotatable bonds is 6. The van der Waals surface area contributed by atoms with Crippen LogP contribution in [0.2, 0.25) is 0 Å². The van der Waals surface area contributed by atoms with Crippen LogP contribution in [0.1, 0.15) is 0 Å². The van der Waals surface area contributed by atoms with Gasteiger partial charge in [0.15, 0.2) is 17.5 Å². The topological polar surface area (TPSA) is 61.4 Å². The standard InChI is InChI=1S/C50H32N6/c1-3-13-33(14-4-1)48-52-49(54-50(53-48)37-16-12-28-51-32-37)36-15-11-19-39(29-36)56-45-23-10-8-21-41(45)43-31-35(25-27-47(43)56)34-24-26-46-42(30-34)40-20-7-9-22-44(40)55(46)38-17-5-2-6-18-38/h1-32H. The average molecular weight is 717 g/mol. The third-order valence-corrected chi connectivity index (χ3v) is 10.6. The Hall–Kier alpha value is -7.70. The molecule has 0 N–H and O–H groups in total. The van der Waals surface area contributed by atoms with Gasteiger partial charge in [0.1, 0.15) is 0 Å². The highest BCUT2D eigenvalue weighted by molar-refractivity contribution is 6.12. The fourth-order valence-electron chi connectivity index (χ4n) is 8.07. The molecule has 0 fully saturated rings. The highest BCUT2D eigenvalue weighted by Crippen LogP contribution is 2.38. The molecule has 0 unspecified atom stereocenters. The molecule has 0 aliphatic carbocycles. The molecule has 7 aromatic carbocycles. The van der Waals surface area contributed by atoms with E-state index in [9.17, 15) is 0 Å². The normalized spacial score (nSPS) is 11.6. The van der Waals surface area contributed by atoms with Crippen molar-refractivity contribution in [3.63, 3.8) is 0 Å². The molecule has 0 saturated carbocycles. The van der Waals surface area contributed by atoms with Gasteiger partial charge in [0.2, 0.25) is 0 Å². The van der Waals surface area contributed by atoms with Gasteiger partial charge < -0.3 is 9.13 Å². The quantitative estimate of drug-likeness (QED) is 0.172. The van der Waals surface area contributed by atoms with Crippen LogP contribution in [-0.2, 0) is 0 Å². The van der Waals surface area contributed by atoms with Gasteiger partial charge in [0.05, 0.1) is 22.1 Å². The van der Waals surface area contributed by atoms with E-state index in [-0.39, 0.29) is 0 Å². The Bertz CT molecular complexity index is 3180. The zero-order valence-electron chi connectivity index (χ0n) is 30.2. The molecule has 4 heterocycles. The van der Waals surface area contributed by atoms with Crippen LogP contribution in [0, 0.1) is 0 Å². The number of hydrogen-bond donors (Lipinski definition) is 0. The van der Waals surface area contributed by atoms with Crippen molar-refractivity contribution in [2.45, 2.75) is 0 Å². The number of para-hydroxylation sites is 3. The molecule has 0 spiro atoms. The van der Waals surface area contributed by atoms with Gasteiger partial charge in [0.25, 0.3) is 0 Å². The van der Waals surface area contributed by atoms with Crippen LogP contribution in [0.4, 0.5) is 0 Å². The SMILES string of the molecule is c1ccc(-c2nc(-c3cccnc3)nc(-c3cccc(-n4c5ccccc5c5cc(-c6ccc7c(c6)c6ccccc6n7-c6ccccc6)ccc54)c3)n2)cc1. The van der Waals surface area contributed by atoms with Gasteiger partial charge in [0, 0.05) is 62.0 Å². The molecule has 0 saturated heterocycles. The molecule has 0 atom stereocenters. The maximum Gasteiger partial charge on any atom is 0.165 e. The molecule has 0 aliphatic heterocycles. The van der Waals surface area contributed by atoms with Crippen molar-refractivity contribution in [1.82, 2.24) is 29.1 Å². The van der Waals surface area contributed by atoms with Gasteiger partial charge in [-0.1, -0.05) is 109 Å². The minimum absolute atomic E-state index is 0.583. The molecule has 4 aromatic heterocycles. The third-order valence-electron chi connectivity index (χ3n) is 10.6. The Morgan fingerprint density at radius 3 is 1.41 bits per heavy atom. The monoisotopic (exact) mass is 716 g/mol. The number of hydrogen-bond acceptors (Lipinski definition) is 4. The first kappa shape index (κ1) is 31.8. The third kappa shape index (κ3) is 5.27. The van der Waals surface area contributed by atoms with Gasteiger partial charge in [-0.05, 0) is 83.9 Å². The second-order valence-electron chi connectivity index (χ2n) is 14.0. The summed E-state index contributed by atoms with van der Waals surface area (Å²) < 4.78 is 4.70. The minimum Gasteiger partial charge on any atom is -0.309 e. The molecule has 0 aliphatic rings. The molecule has 11 aromatic rings. The summed E-state index contributed by atoms with van der Waals surface area (Å²) in [5.74, 6) is 1.80. The Labute approximate surface area is 322 Å². The van der Waals surface area contributed by atoms with E-state index in [1.807, 2.05) is 42.5 Å². The van der Waals surface area contributed by atoms with Crippen molar-refractivity contribution < 1.29 is 0 Å². The summed E-state index contributed by atoms with van der Waals surface area (Å²) in [7, 11) is 0. The summed E-state index contributed by atoms with van der Waals surface area (Å²) >= 11 is 0. The Kier molecular flexibility index (Phi) is 7.38. The van der Waals surface area contributed by atoms with Crippen molar-refractivity contribution >= 4 is 43.6 Å².